The van der Waals surface area contributed by atoms with Gasteiger partial charge in [0.05, 0.1) is 0 Å². The Labute approximate surface area is 120 Å². The van der Waals surface area contributed by atoms with E-state index in [9.17, 15) is 4.79 Å². The van der Waals surface area contributed by atoms with Crippen LogP contribution < -0.4 is 11.1 Å². The van der Waals surface area contributed by atoms with Gasteiger partial charge in [-0.3, -0.25) is 4.79 Å². The van der Waals surface area contributed by atoms with Gasteiger partial charge in [-0.05, 0) is 24.8 Å². The lowest BCUT2D eigenvalue weighted by molar-refractivity contribution is -0.123. The van der Waals surface area contributed by atoms with Crippen molar-refractivity contribution in [3.05, 3.63) is 12.2 Å². The van der Waals surface area contributed by atoms with E-state index in [-0.39, 0.29) is 11.3 Å². The average molecular weight is 279 g/mol. The highest BCUT2D eigenvalue weighted by molar-refractivity contribution is 5.76. The van der Waals surface area contributed by atoms with Gasteiger partial charge in [-0.25, -0.2) is 0 Å². The summed E-state index contributed by atoms with van der Waals surface area (Å²) in [5.41, 5.74) is 5.95. The Balaban J connectivity index is 1.75. The molecule has 1 heterocycles. The minimum Gasteiger partial charge on any atom is -0.356 e. The summed E-state index contributed by atoms with van der Waals surface area (Å²) >= 11 is 0. The smallest absolute Gasteiger partial charge is 0.220 e. The van der Waals surface area contributed by atoms with E-state index in [2.05, 4.69) is 15.5 Å². The summed E-state index contributed by atoms with van der Waals surface area (Å²) < 4.78 is 1.87. The SMILES string of the molecule is Cn1cnnc1CCNC(=O)CC1(CN)CCCCC1. The van der Waals surface area contributed by atoms with Crippen LogP contribution in [0.2, 0.25) is 0 Å². The van der Waals surface area contributed by atoms with Crippen molar-refractivity contribution < 1.29 is 4.79 Å². The van der Waals surface area contributed by atoms with E-state index in [1.165, 1.54) is 19.3 Å². The standard InChI is InChI=1S/C14H25N5O/c1-19-11-17-18-12(19)5-8-16-13(20)9-14(10-15)6-3-2-4-7-14/h11H,2-10,15H2,1H3,(H,16,20). The predicted octanol–water partition coefficient (Wildman–Crippen LogP) is 0.773. The van der Waals surface area contributed by atoms with Gasteiger partial charge in [0.2, 0.25) is 5.91 Å². The maximum Gasteiger partial charge on any atom is 0.220 e. The lowest BCUT2D eigenvalue weighted by atomic mass is 9.71. The summed E-state index contributed by atoms with van der Waals surface area (Å²) in [5.74, 6) is 0.996. The summed E-state index contributed by atoms with van der Waals surface area (Å²) in [6.45, 7) is 1.22. The van der Waals surface area contributed by atoms with E-state index in [0.29, 0.717) is 25.9 Å². The number of nitrogens with two attached hydrogens (primary N) is 1. The van der Waals surface area contributed by atoms with E-state index >= 15 is 0 Å². The van der Waals surface area contributed by atoms with Crippen LogP contribution in [0.4, 0.5) is 0 Å². The van der Waals surface area contributed by atoms with Crippen LogP contribution in [0, 0.1) is 5.41 Å². The fraction of sp³-hybridized carbons (Fsp3) is 0.786. The second-order valence-electron chi connectivity index (χ2n) is 5.90. The molecule has 0 aliphatic heterocycles. The maximum atomic E-state index is 12.1. The Morgan fingerprint density at radius 3 is 2.80 bits per heavy atom. The summed E-state index contributed by atoms with van der Waals surface area (Å²) in [6, 6.07) is 0. The zero-order chi connectivity index (χ0) is 14.4. The molecule has 1 aliphatic rings. The molecular weight excluding hydrogens is 254 g/mol. The highest BCUT2D eigenvalue weighted by Crippen LogP contribution is 2.38. The first-order chi connectivity index (χ1) is 9.65. The number of hydrogen-bond donors (Lipinski definition) is 2. The van der Waals surface area contributed by atoms with Crippen molar-refractivity contribution in [2.75, 3.05) is 13.1 Å². The van der Waals surface area contributed by atoms with Gasteiger partial charge in [-0.2, -0.15) is 0 Å². The maximum absolute atomic E-state index is 12.1. The highest BCUT2D eigenvalue weighted by Gasteiger charge is 2.32. The summed E-state index contributed by atoms with van der Waals surface area (Å²) in [6.07, 6.45) is 8.77. The van der Waals surface area contributed by atoms with E-state index < -0.39 is 0 Å². The number of rotatable bonds is 6. The molecule has 1 aromatic heterocycles. The molecule has 0 atom stereocenters. The fourth-order valence-electron chi connectivity index (χ4n) is 3.01. The molecule has 3 N–H and O–H groups in total. The van der Waals surface area contributed by atoms with Crippen molar-refractivity contribution in [1.82, 2.24) is 20.1 Å². The van der Waals surface area contributed by atoms with Crippen molar-refractivity contribution in [1.29, 1.82) is 0 Å². The van der Waals surface area contributed by atoms with Gasteiger partial charge in [0.1, 0.15) is 12.2 Å². The van der Waals surface area contributed by atoms with Crippen LogP contribution in [-0.4, -0.2) is 33.8 Å². The van der Waals surface area contributed by atoms with Gasteiger partial charge < -0.3 is 15.6 Å². The predicted molar refractivity (Wildman–Crippen MR) is 76.9 cm³/mol. The number of amides is 1. The molecule has 6 nitrogen and oxygen atoms in total. The van der Waals surface area contributed by atoms with Crippen LogP contribution in [0.3, 0.4) is 0 Å². The van der Waals surface area contributed by atoms with Crippen molar-refractivity contribution in [3.63, 3.8) is 0 Å². The molecular formula is C14H25N5O. The van der Waals surface area contributed by atoms with Gasteiger partial charge in [0, 0.05) is 26.4 Å². The molecule has 0 radical (unpaired) electrons. The second kappa shape index (κ2) is 6.83. The van der Waals surface area contributed by atoms with Gasteiger partial charge >= 0.3 is 0 Å². The minimum absolute atomic E-state index is 0.0348. The lowest BCUT2D eigenvalue weighted by Gasteiger charge is -2.35. The van der Waals surface area contributed by atoms with Gasteiger partial charge in [0.25, 0.3) is 0 Å². The molecule has 0 aromatic carbocycles. The molecule has 1 aromatic rings. The van der Waals surface area contributed by atoms with Crippen molar-refractivity contribution in [2.24, 2.45) is 18.2 Å². The van der Waals surface area contributed by atoms with Crippen LogP contribution in [0.5, 0.6) is 0 Å². The summed E-state index contributed by atoms with van der Waals surface area (Å²) in [4.78, 5) is 12.1. The topological polar surface area (TPSA) is 85.8 Å². The van der Waals surface area contributed by atoms with E-state index in [0.717, 1.165) is 18.7 Å². The monoisotopic (exact) mass is 279 g/mol. The largest absolute Gasteiger partial charge is 0.356 e. The lowest BCUT2D eigenvalue weighted by Crippen LogP contribution is -2.39. The first-order valence-corrected chi connectivity index (χ1v) is 7.45. The number of hydrogen-bond acceptors (Lipinski definition) is 4. The van der Waals surface area contributed by atoms with Gasteiger partial charge in [-0.15, -0.1) is 10.2 Å². The fourth-order valence-corrected chi connectivity index (χ4v) is 3.01. The first kappa shape index (κ1) is 15.0. The summed E-state index contributed by atoms with van der Waals surface area (Å²) in [7, 11) is 1.91. The highest BCUT2D eigenvalue weighted by atomic mass is 16.1. The summed E-state index contributed by atoms with van der Waals surface area (Å²) in [5, 5.41) is 10.8. The molecule has 2 rings (SSSR count). The molecule has 1 aliphatic carbocycles. The Morgan fingerprint density at radius 1 is 1.45 bits per heavy atom. The van der Waals surface area contributed by atoms with E-state index in [1.54, 1.807) is 6.33 Å². The first-order valence-electron chi connectivity index (χ1n) is 7.45. The Kier molecular flexibility index (Phi) is 5.11. The van der Waals surface area contributed by atoms with E-state index in [1.807, 2.05) is 11.6 Å². The van der Waals surface area contributed by atoms with Crippen LogP contribution >= 0.6 is 0 Å². The third kappa shape index (κ3) is 3.79. The van der Waals surface area contributed by atoms with Crippen LogP contribution in [0.25, 0.3) is 0 Å². The number of carbonyl (C=O) groups is 1. The third-order valence-corrected chi connectivity index (χ3v) is 4.36. The molecule has 0 unspecified atom stereocenters. The number of aryl methyl sites for hydroxylation is 1. The van der Waals surface area contributed by atoms with Crippen molar-refractivity contribution in [2.45, 2.75) is 44.9 Å². The normalized spacial score (nSPS) is 17.9. The zero-order valence-corrected chi connectivity index (χ0v) is 12.3. The van der Waals surface area contributed by atoms with Crippen LogP contribution in [-0.2, 0) is 18.3 Å². The minimum atomic E-state index is 0.0348. The van der Waals surface area contributed by atoms with Crippen molar-refractivity contribution in [3.8, 4) is 0 Å². The zero-order valence-electron chi connectivity index (χ0n) is 12.3. The van der Waals surface area contributed by atoms with Gasteiger partial charge in [-0.1, -0.05) is 19.3 Å². The molecule has 1 amide bonds. The molecule has 0 spiro atoms. The molecule has 6 heteroatoms. The Bertz CT molecular complexity index is 437. The Morgan fingerprint density at radius 2 is 2.20 bits per heavy atom. The third-order valence-electron chi connectivity index (χ3n) is 4.36. The average Bonchev–Trinajstić information content (AvgIpc) is 2.85. The van der Waals surface area contributed by atoms with Crippen LogP contribution in [0.1, 0.15) is 44.3 Å². The number of carbonyl (C=O) groups excluding carboxylic acids is 1. The molecule has 0 saturated heterocycles. The second-order valence-corrected chi connectivity index (χ2v) is 5.90. The number of aromatic nitrogens is 3. The van der Waals surface area contributed by atoms with Gasteiger partial charge in [0.15, 0.2) is 0 Å². The molecule has 1 saturated carbocycles. The molecule has 1 fully saturated rings. The number of nitrogens with one attached hydrogen (secondary N) is 1. The van der Waals surface area contributed by atoms with Crippen molar-refractivity contribution >= 4 is 5.91 Å². The van der Waals surface area contributed by atoms with E-state index in [4.69, 9.17) is 5.73 Å². The molecule has 112 valence electrons. The molecule has 0 bridgehead atoms. The number of nitrogens with zero attached hydrogens (tertiary/aromatic N) is 3. The quantitative estimate of drug-likeness (QED) is 0.805. The molecule has 20 heavy (non-hydrogen) atoms. The van der Waals surface area contributed by atoms with Crippen LogP contribution in [0.15, 0.2) is 6.33 Å². The Hall–Kier alpha value is -1.43.